The monoisotopic (exact) mass is 362 g/mol. The standard InChI is InChI=1S/C12H26O8S2/c13-1-3-15-5-7-17-9-11-19-21-22-20-12-10-18-8-6-16-4-2-14/h13-14H,1-12H2. The average Bonchev–Trinajstić information content (AvgIpc) is 2.54. The molecule has 0 spiro atoms. The van der Waals surface area contributed by atoms with E-state index >= 15 is 0 Å². The molecule has 0 aromatic heterocycles. The third kappa shape index (κ3) is 20.4. The van der Waals surface area contributed by atoms with Crippen LogP contribution in [-0.2, 0) is 27.3 Å². The quantitative estimate of drug-likeness (QED) is 0.189. The highest BCUT2D eigenvalue weighted by atomic mass is 33.1. The molecular weight excluding hydrogens is 336 g/mol. The molecule has 22 heavy (non-hydrogen) atoms. The van der Waals surface area contributed by atoms with Gasteiger partial charge in [0.25, 0.3) is 0 Å². The molecule has 10 heteroatoms. The van der Waals surface area contributed by atoms with Crippen molar-refractivity contribution in [2.24, 2.45) is 0 Å². The van der Waals surface area contributed by atoms with Crippen LogP contribution in [0.5, 0.6) is 0 Å². The van der Waals surface area contributed by atoms with E-state index in [1.807, 2.05) is 0 Å². The Kier molecular flexibility index (Phi) is 21.7. The molecule has 0 aromatic rings. The minimum atomic E-state index is 0.0273. The van der Waals surface area contributed by atoms with Gasteiger partial charge in [0, 0.05) is 0 Å². The van der Waals surface area contributed by atoms with Gasteiger partial charge in [0.05, 0.1) is 101 Å². The lowest BCUT2D eigenvalue weighted by molar-refractivity contribution is 0.0260. The predicted molar refractivity (Wildman–Crippen MR) is 84.5 cm³/mol. The van der Waals surface area contributed by atoms with Crippen molar-refractivity contribution in [2.75, 3.05) is 79.3 Å². The van der Waals surface area contributed by atoms with E-state index in [9.17, 15) is 0 Å². The van der Waals surface area contributed by atoms with Crippen LogP contribution in [0.25, 0.3) is 0 Å². The Morgan fingerprint density at radius 3 is 1.14 bits per heavy atom. The van der Waals surface area contributed by atoms with Gasteiger partial charge in [0.2, 0.25) is 0 Å². The molecule has 0 fully saturated rings. The third-order valence-corrected chi connectivity index (χ3v) is 3.29. The zero-order valence-corrected chi connectivity index (χ0v) is 14.3. The summed E-state index contributed by atoms with van der Waals surface area (Å²) in [6.45, 7) is 4.51. The maximum Gasteiger partial charge on any atom is 0.0926 e. The van der Waals surface area contributed by atoms with Gasteiger partial charge in [-0.2, -0.15) is 0 Å². The van der Waals surface area contributed by atoms with Crippen molar-refractivity contribution in [3.63, 3.8) is 0 Å². The first-order valence-corrected chi connectivity index (χ1v) is 9.02. The summed E-state index contributed by atoms with van der Waals surface area (Å²) in [6, 6.07) is 0. The lowest BCUT2D eigenvalue weighted by Crippen LogP contribution is -2.10. The molecule has 0 unspecified atom stereocenters. The van der Waals surface area contributed by atoms with E-state index in [-0.39, 0.29) is 13.2 Å². The maximum atomic E-state index is 8.48. The number of aliphatic hydroxyl groups is 2. The van der Waals surface area contributed by atoms with Crippen molar-refractivity contribution in [3.8, 4) is 0 Å². The Morgan fingerprint density at radius 1 is 0.455 bits per heavy atom. The molecule has 0 aliphatic carbocycles. The number of hydrogen-bond acceptors (Lipinski definition) is 10. The first-order chi connectivity index (χ1) is 10.9. The number of rotatable bonds is 19. The number of ether oxygens (including phenoxy) is 4. The topological polar surface area (TPSA) is 95.8 Å². The van der Waals surface area contributed by atoms with Crippen LogP contribution in [0, 0.1) is 0 Å². The molecule has 0 heterocycles. The van der Waals surface area contributed by atoms with E-state index in [0.717, 1.165) is 22.1 Å². The van der Waals surface area contributed by atoms with Gasteiger partial charge in [-0.05, 0) is 0 Å². The summed E-state index contributed by atoms with van der Waals surface area (Å²) < 4.78 is 30.9. The van der Waals surface area contributed by atoms with Crippen LogP contribution in [0.3, 0.4) is 0 Å². The van der Waals surface area contributed by atoms with Crippen LogP contribution < -0.4 is 0 Å². The molecule has 0 bridgehead atoms. The molecule has 0 saturated heterocycles. The van der Waals surface area contributed by atoms with Crippen molar-refractivity contribution in [1.82, 2.24) is 0 Å². The second kappa shape index (κ2) is 21.4. The van der Waals surface area contributed by atoms with Gasteiger partial charge in [-0.15, -0.1) is 0 Å². The first kappa shape index (κ1) is 22.4. The van der Waals surface area contributed by atoms with Crippen molar-refractivity contribution in [3.05, 3.63) is 0 Å². The predicted octanol–water partition coefficient (Wildman–Crippen LogP) is 0.282. The molecule has 0 amide bonds. The minimum Gasteiger partial charge on any atom is -0.394 e. The fraction of sp³-hybridized carbons (Fsp3) is 1.00. The Morgan fingerprint density at radius 2 is 0.773 bits per heavy atom. The van der Waals surface area contributed by atoms with Crippen molar-refractivity contribution in [1.29, 1.82) is 0 Å². The second-order valence-electron chi connectivity index (χ2n) is 3.68. The van der Waals surface area contributed by atoms with Gasteiger partial charge in [-0.1, -0.05) is 0 Å². The molecule has 0 rings (SSSR count). The summed E-state index contributed by atoms with van der Waals surface area (Å²) in [5.74, 6) is 0. The smallest absolute Gasteiger partial charge is 0.0926 e. The van der Waals surface area contributed by atoms with E-state index in [4.69, 9.17) is 37.5 Å². The maximum absolute atomic E-state index is 8.48. The lowest BCUT2D eigenvalue weighted by Gasteiger charge is -2.06. The van der Waals surface area contributed by atoms with Gasteiger partial charge in [0.1, 0.15) is 0 Å². The zero-order chi connectivity index (χ0) is 16.1. The van der Waals surface area contributed by atoms with Crippen LogP contribution in [-0.4, -0.2) is 89.5 Å². The van der Waals surface area contributed by atoms with E-state index < -0.39 is 0 Å². The highest BCUT2D eigenvalue weighted by Gasteiger charge is 1.95. The van der Waals surface area contributed by atoms with Crippen LogP contribution >= 0.6 is 22.1 Å². The summed E-state index contributed by atoms with van der Waals surface area (Å²) in [7, 11) is 0. The highest BCUT2D eigenvalue weighted by molar-refractivity contribution is 8.73. The average molecular weight is 362 g/mol. The molecule has 0 aliphatic rings. The summed E-state index contributed by atoms with van der Waals surface area (Å²) in [4.78, 5) is 0. The Bertz CT molecular complexity index is 182. The van der Waals surface area contributed by atoms with Gasteiger partial charge in [-0.25, -0.2) is 0 Å². The first-order valence-electron chi connectivity index (χ1n) is 7.02. The summed E-state index contributed by atoms with van der Waals surface area (Å²) >= 11 is 2.28. The van der Waals surface area contributed by atoms with E-state index in [1.165, 1.54) is 0 Å². The third-order valence-electron chi connectivity index (χ3n) is 1.96. The summed E-state index contributed by atoms with van der Waals surface area (Å²) in [5.41, 5.74) is 0. The normalized spacial score (nSPS) is 11.2. The molecule has 0 aromatic carbocycles. The van der Waals surface area contributed by atoms with Crippen LogP contribution in [0.4, 0.5) is 0 Å². The van der Waals surface area contributed by atoms with Crippen molar-refractivity contribution < 1.29 is 37.5 Å². The Labute approximate surface area is 139 Å². The lowest BCUT2D eigenvalue weighted by atomic mass is 10.7. The summed E-state index contributed by atoms with van der Waals surface area (Å²) in [6.07, 6.45) is 0. The fourth-order valence-corrected chi connectivity index (χ4v) is 2.06. The molecule has 0 radical (unpaired) electrons. The molecule has 0 atom stereocenters. The zero-order valence-electron chi connectivity index (χ0n) is 12.6. The van der Waals surface area contributed by atoms with Crippen LogP contribution in [0.2, 0.25) is 0 Å². The summed E-state index contributed by atoms with van der Waals surface area (Å²) in [5, 5.41) is 17.0. The fourth-order valence-electron chi connectivity index (χ4n) is 1.07. The van der Waals surface area contributed by atoms with Gasteiger partial charge >= 0.3 is 0 Å². The number of aliphatic hydroxyl groups excluding tert-OH is 2. The molecule has 8 nitrogen and oxygen atoms in total. The van der Waals surface area contributed by atoms with E-state index in [0.29, 0.717) is 66.1 Å². The second-order valence-corrected chi connectivity index (χ2v) is 5.24. The molecular formula is C12H26O8S2. The van der Waals surface area contributed by atoms with Gasteiger partial charge < -0.3 is 37.5 Å². The van der Waals surface area contributed by atoms with Crippen molar-refractivity contribution >= 4 is 22.1 Å². The van der Waals surface area contributed by atoms with Crippen molar-refractivity contribution in [2.45, 2.75) is 0 Å². The van der Waals surface area contributed by atoms with Crippen LogP contribution in [0.15, 0.2) is 0 Å². The molecule has 134 valence electrons. The van der Waals surface area contributed by atoms with E-state index in [1.54, 1.807) is 0 Å². The van der Waals surface area contributed by atoms with E-state index in [2.05, 4.69) is 0 Å². The minimum absolute atomic E-state index is 0.0273. The van der Waals surface area contributed by atoms with Gasteiger partial charge in [-0.3, -0.25) is 0 Å². The van der Waals surface area contributed by atoms with Crippen LogP contribution in [0.1, 0.15) is 0 Å². The SMILES string of the molecule is OCCOCCOCCOSSOCCOCCOCCO. The van der Waals surface area contributed by atoms with Gasteiger partial charge in [0.15, 0.2) is 0 Å². The molecule has 0 aliphatic heterocycles. The Balaban J connectivity index is 2.91. The number of hydrogen-bond donors (Lipinski definition) is 2. The Hall–Kier alpha value is 0.380. The molecule has 0 saturated carbocycles. The molecule has 2 N–H and O–H groups in total. The highest BCUT2D eigenvalue weighted by Crippen LogP contribution is 2.22. The largest absolute Gasteiger partial charge is 0.394 e.